The Bertz CT molecular complexity index is 1400. The highest BCUT2D eigenvalue weighted by Gasteiger charge is 2.34. The number of carbonyl (C=O) groups excluding carboxylic acids is 2. The third kappa shape index (κ3) is 6.25. The minimum atomic E-state index is -4.09. The molecule has 0 aliphatic carbocycles. The van der Waals surface area contributed by atoms with Crippen molar-refractivity contribution in [2.75, 3.05) is 17.9 Å². The number of carbonyl (C=O) groups is 2. The molecule has 38 heavy (non-hydrogen) atoms. The molecule has 3 aromatic carbocycles. The van der Waals surface area contributed by atoms with E-state index in [1.54, 1.807) is 36.4 Å². The van der Waals surface area contributed by atoms with Gasteiger partial charge in [-0.2, -0.15) is 0 Å². The largest absolute Gasteiger partial charge is 0.357 e. The van der Waals surface area contributed by atoms with E-state index in [-0.39, 0.29) is 17.3 Å². The third-order valence-electron chi connectivity index (χ3n) is 6.97. The van der Waals surface area contributed by atoms with Crippen molar-refractivity contribution in [3.63, 3.8) is 0 Å². The van der Waals surface area contributed by atoms with Gasteiger partial charge in [0.15, 0.2) is 0 Å². The van der Waals surface area contributed by atoms with Crippen molar-refractivity contribution in [3.05, 3.63) is 94.5 Å². The molecule has 7 nitrogen and oxygen atoms in total. The van der Waals surface area contributed by atoms with Crippen molar-refractivity contribution in [3.8, 4) is 0 Å². The molecule has 0 saturated carbocycles. The topological polar surface area (TPSA) is 86.8 Å². The normalized spacial score (nSPS) is 12.1. The minimum Gasteiger partial charge on any atom is -0.357 e. The molecule has 1 atom stereocenters. The Morgan fingerprint density at radius 1 is 0.868 bits per heavy atom. The van der Waals surface area contributed by atoms with E-state index < -0.39 is 28.5 Å². The van der Waals surface area contributed by atoms with Crippen LogP contribution in [0.4, 0.5) is 5.69 Å². The summed E-state index contributed by atoms with van der Waals surface area (Å²) in [5, 5.41) is 2.65. The first-order valence-electron chi connectivity index (χ1n) is 12.7. The average molecular weight is 536 g/mol. The van der Waals surface area contributed by atoms with E-state index in [1.807, 2.05) is 65.0 Å². The van der Waals surface area contributed by atoms with Gasteiger partial charge in [-0.3, -0.25) is 13.9 Å². The molecule has 0 spiro atoms. The van der Waals surface area contributed by atoms with Crippen LogP contribution in [0, 0.1) is 27.7 Å². The van der Waals surface area contributed by atoms with Gasteiger partial charge >= 0.3 is 0 Å². The Kier molecular flexibility index (Phi) is 9.33. The molecular formula is C30H37N3O4S. The second kappa shape index (κ2) is 12.3. The highest BCUT2D eigenvalue weighted by molar-refractivity contribution is 7.92. The van der Waals surface area contributed by atoms with Crippen molar-refractivity contribution in [1.29, 1.82) is 0 Å². The Balaban J connectivity index is 2.12. The van der Waals surface area contributed by atoms with Crippen molar-refractivity contribution in [2.45, 2.75) is 58.5 Å². The van der Waals surface area contributed by atoms with E-state index in [0.717, 1.165) is 27.8 Å². The SMILES string of the molecule is CCC(C(=O)NC)N(Cc1ccccc1C)C(=O)CN(c1cccc(C)c1C)S(=O)(=O)c1ccc(C)cc1. The summed E-state index contributed by atoms with van der Waals surface area (Å²) in [4.78, 5) is 28.5. The molecule has 1 N–H and O–H groups in total. The monoisotopic (exact) mass is 535 g/mol. The standard InChI is InChI=1S/C30H37N3O4S/c1-7-27(30(35)31-6)32(19-25-13-9-8-11-23(25)4)29(34)20-33(28-14-10-12-22(3)24(28)5)38(36,37)26-17-15-21(2)16-18-26/h8-18,27H,7,19-20H2,1-6H3,(H,31,35). The van der Waals surface area contributed by atoms with Gasteiger partial charge in [0.05, 0.1) is 10.6 Å². The van der Waals surface area contributed by atoms with E-state index >= 15 is 0 Å². The number of aryl methyl sites for hydroxylation is 3. The van der Waals surface area contributed by atoms with Crippen LogP contribution in [0.2, 0.25) is 0 Å². The Morgan fingerprint density at radius 3 is 2.11 bits per heavy atom. The fraction of sp³-hybridized carbons (Fsp3) is 0.333. The zero-order valence-corrected chi connectivity index (χ0v) is 23.8. The summed E-state index contributed by atoms with van der Waals surface area (Å²) >= 11 is 0. The van der Waals surface area contributed by atoms with Crippen LogP contribution in [-0.4, -0.2) is 44.8 Å². The maximum Gasteiger partial charge on any atom is 0.264 e. The zero-order valence-electron chi connectivity index (χ0n) is 23.0. The molecule has 0 heterocycles. The molecule has 3 aromatic rings. The zero-order chi connectivity index (χ0) is 28.0. The van der Waals surface area contributed by atoms with Crippen LogP contribution in [0.3, 0.4) is 0 Å². The summed E-state index contributed by atoms with van der Waals surface area (Å²) < 4.78 is 29.1. The Labute approximate surface area is 226 Å². The van der Waals surface area contributed by atoms with Gasteiger partial charge in [-0.05, 0) is 74.6 Å². The van der Waals surface area contributed by atoms with E-state index in [4.69, 9.17) is 0 Å². The molecule has 202 valence electrons. The smallest absolute Gasteiger partial charge is 0.264 e. The minimum absolute atomic E-state index is 0.0978. The maximum atomic E-state index is 14.0. The molecule has 1 unspecified atom stereocenters. The molecule has 0 fully saturated rings. The van der Waals surface area contributed by atoms with Gasteiger partial charge in [0, 0.05) is 13.6 Å². The first-order valence-corrected chi connectivity index (χ1v) is 14.2. The van der Waals surface area contributed by atoms with Crippen molar-refractivity contribution in [1.82, 2.24) is 10.2 Å². The van der Waals surface area contributed by atoms with Crippen molar-refractivity contribution in [2.24, 2.45) is 0 Å². The summed E-state index contributed by atoms with van der Waals surface area (Å²) in [6.45, 7) is 9.16. The number of hydrogen-bond donors (Lipinski definition) is 1. The molecule has 0 radical (unpaired) electrons. The van der Waals surface area contributed by atoms with Crippen LogP contribution in [0.25, 0.3) is 0 Å². The van der Waals surface area contributed by atoms with Crippen molar-refractivity contribution < 1.29 is 18.0 Å². The van der Waals surface area contributed by atoms with Gasteiger partial charge in [-0.25, -0.2) is 8.42 Å². The average Bonchev–Trinajstić information content (AvgIpc) is 2.89. The lowest BCUT2D eigenvalue weighted by molar-refractivity contribution is -0.140. The molecule has 0 aliphatic rings. The van der Waals surface area contributed by atoms with E-state index in [1.165, 1.54) is 16.3 Å². The highest BCUT2D eigenvalue weighted by atomic mass is 32.2. The molecular weight excluding hydrogens is 498 g/mol. The number of amides is 2. The van der Waals surface area contributed by atoms with Crippen LogP contribution in [0.1, 0.15) is 41.2 Å². The predicted octanol–water partition coefficient (Wildman–Crippen LogP) is 4.67. The molecule has 0 aliphatic heterocycles. The Hall–Kier alpha value is -3.65. The van der Waals surface area contributed by atoms with Crippen LogP contribution in [-0.2, 0) is 26.2 Å². The van der Waals surface area contributed by atoms with E-state index in [9.17, 15) is 18.0 Å². The number of rotatable bonds is 10. The van der Waals surface area contributed by atoms with Crippen LogP contribution in [0.5, 0.6) is 0 Å². The number of hydrogen-bond acceptors (Lipinski definition) is 4. The van der Waals surface area contributed by atoms with Crippen LogP contribution in [0.15, 0.2) is 71.6 Å². The summed E-state index contributed by atoms with van der Waals surface area (Å²) in [6.07, 6.45) is 0.380. The molecule has 0 aromatic heterocycles. The summed E-state index contributed by atoms with van der Waals surface area (Å²) in [7, 11) is -2.56. The Morgan fingerprint density at radius 2 is 1.50 bits per heavy atom. The van der Waals surface area contributed by atoms with Gasteiger partial charge in [-0.1, -0.05) is 61.0 Å². The third-order valence-corrected chi connectivity index (χ3v) is 8.74. The predicted molar refractivity (Wildman–Crippen MR) is 152 cm³/mol. The number of nitrogens with zero attached hydrogens (tertiary/aromatic N) is 2. The second-order valence-electron chi connectivity index (χ2n) is 9.53. The van der Waals surface area contributed by atoms with E-state index in [0.29, 0.717) is 12.1 Å². The van der Waals surface area contributed by atoms with Gasteiger partial charge in [0.1, 0.15) is 12.6 Å². The van der Waals surface area contributed by atoms with Gasteiger partial charge in [-0.15, -0.1) is 0 Å². The van der Waals surface area contributed by atoms with E-state index in [2.05, 4.69) is 5.32 Å². The first-order chi connectivity index (χ1) is 18.0. The number of likely N-dealkylation sites (N-methyl/N-ethyl adjacent to an activating group) is 1. The molecule has 0 bridgehead atoms. The summed E-state index contributed by atoms with van der Waals surface area (Å²) in [6, 6.07) is 18.9. The van der Waals surface area contributed by atoms with Crippen molar-refractivity contribution >= 4 is 27.5 Å². The second-order valence-corrected chi connectivity index (χ2v) is 11.4. The van der Waals surface area contributed by atoms with Gasteiger partial charge in [0.25, 0.3) is 10.0 Å². The molecule has 8 heteroatoms. The van der Waals surface area contributed by atoms with Crippen LogP contribution < -0.4 is 9.62 Å². The lowest BCUT2D eigenvalue weighted by atomic mass is 10.1. The number of benzene rings is 3. The summed E-state index contributed by atoms with van der Waals surface area (Å²) in [5.41, 5.74) is 4.91. The molecule has 3 rings (SSSR count). The lowest BCUT2D eigenvalue weighted by Gasteiger charge is -2.33. The van der Waals surface area contributed by atoms with Gasteiger partial charge < -0.3 is 10.2 Å². The molecule has 0 saturated heterocycles. The van der Waals surface area contributed by atoms with Crippen LogP contribution >= 0.6 is 0 Å². The fourth-order valence-electron chi connectivity index (χ4n) is 4.41. The highest BCUT2D eigenvalue weighted by Crippen LogP contribution is 2.29. The van der Waals surface area contributed by atoms with Gasteiger partial charge in [0.2, 0.25) is 11.8 Å². The number of sulfonamides is 1. The maximum absolute atomic E-state index is 14.0. The quantitative estimate of drug-likeness (QED) is 0.409. The summed E-state index contributed by atoms with van der Waals surface area (Å²) in [5.74, 6) is -0.755. The first kappa shape index (κ1) is 28.9. The molecule has 2 amide bonds. The fourth-order valence-corrected chi connectivity index (χ4v) is 5.89. The lowest BCUT2D eigenvalue weighted by Crippen LogP contribution is -2.52. The number of nitrogens with one attached hydrogen (secondary N) is 1. The number of anilines is 1.